The van der Waals surface area contributed by atoms with Crippen LogP contribution in [0.15, 0.2) is 46.3 Å². The Hall–Kier alpha value is -2.56. The minimum absolute atomic E-state index is 0.0739. The van der Waals surface area contributed by atoms with Gasteiger partial charge in [0.2, 0.25) is 27.6 Å². The van der Waals surface area contributed by atoms with Crippen molar-refractivity contribution in [2.24, 2.45) is 0 Å². The Morgan fingerprint density at radius 3 is 2.57 bits per heavy atom. The van der Waals surface area contributed by atoms with E-state index >= 15 is 0 Å². The standard InChI is InChI=1S/C20H24N4O4S2/c1-14(2)24-30(26,27)13-16-7-5-15(6-8-16)12-21-18(25)9-10-19-22-20(23-28-19)17-4-3-11-29-17/h3-8,11,14,24H,9-10,12-13H2,1-2H3,(H,21,25). The molecule has 30 heavy (non-hydrogen) atoms. The van der Waals surface area contributed by atoms with E-state index in [1.807, 2.05) is 29.6 Å². The summed E-state index contributed by atoms with van der Waals surface area (Å²) in [5, 5.41) is 8.70. The molecule has 2 aromatic heterocycles. The van der Waals surface area contributed by atoms with E-state index in [1.165, 1.54) is 11.3 Å². The van der Waals surface area contributed by atoms with Gasteiger partial charge in [0, 0.05) is 25.4 Å². The molecule has 0 saturated carbocycles. The largest absolute Gasteiger partial charge is 0.352 e. The van der Waals surface area contributed by atoms with E-state index in [4.69, 9.17) is 4.52 Å². The van der Waals surface area contributed by atoms with Gasteiger partial charge in [0.25, 0.3) is 0 Å². The van der Waals surface area contributed by atoms with Crippen molar-refractivity contribution in [3.05, 3.63) is 58.8 Å². The molecule has 3 aromatic rings. The first-order valence-corrected chi connectivity index (χ1v) is 12.0. The summed E-state index contributed by atoms with van der Waals surface area (Å²) < 4.78 is 31.7. The van der Waals surface area contributed by atoms with E-state index in [1.54, 1.807) is 26.0 Å². The van der Waals surface area contributed by atoms with Crippen molar-refractivity contribution >= 4 is 27.3 Å². The fourth-order valence-electron chi connectivity index (χ4n) is 2.75. The summed E-state index contributed by atoms with van der Waals surface area (Å²) >= 11 is 1.52. The third-order valence-corrected chi connectivity index (χ3v) is 6.47. The van der Waals surface area contributed by atoms with Gasteiger partial charge in [-0.2, -0.15) is 4.98 Å². The molecule has 0 atom stereocenters. The van der Waals surface area contributed by atoms with E-state index in [-0.39, 0.29) is 24.1 Å². The fourth-order valence-corrected chi connectivity index (χ4v) is 4.83. The summed E-state index contributed by atoms with van der Waals surface area (Å²) in [5.74, 6) is 0.758. The predicted octanol–water partition coefficient (Wildman–Crippen LogP) is 2.87. The van der Waals surface area contributed by atoms with E-state index < -0.39 is 10.0 Å². The summed E-state index contributed by atoms with van der Waals surface area (Å²) in [6.07, 6.45) is 0.604. The van der Waals surface area contributed by atoms with Crippen molar-refractivity contribution in [2.75, 3.05) is 0 Å². The van der Waals surface area contributed by atoms with Crippen LogP contribution in [0.5, 0.6) is 0 Å². The third kappa shape index (κ3) is 6.75. The zero-order valence-corrected chi connectivity index (χ0v) is 18.4. The lowest BCUT2D eigenvalue weighted by atomic mass is 10.1. The summed E-state index contributed by atoms with van der Waals surface area (Å²) in [6.45, 7) is 3.93. The molecule has 1 amide bonds. The molecule has 0 fully saturated rings. The average molecular weight is 449 g/mol. The van der Waals surface area contributed by atoms with Gasteiger partial charge in [-0.3, -0.25) is 4.79 Å². The highest BCUT2D eigenvalue weighted by Gasteiger charge is 2.13. The molecular formula is C20H24N4O4S2. The maximum absolute atomic E-state index is 12.1. The van der Waals surface area contributed by atoms with E-state index in [0.717, 1.165) is 10.4 Å². The van der Waals surface area contributed by atoms with Crippen molar-refractivity contribution in [3.63, 3.8) is 0 Å². The predicted molar refractivity (Wildman–Crippen MR) is 115 cm³/mol. The lowest BCUT2D eigenvalue weighted by Gasteiger charge is -2.10. The number of carbonyl (C=O) groups is 1. The first kappa shape index (κ1) is 22.1. The van der Waals surface area contributed by atoms with E-state index in [9.17, 15) is 13.2 Å². The van der Waals surface area contributed by atoms with Crippen molar-refractivity contribution < 1.29 is 17.7 Å². The minimum atomic E-state index is -3.36. The van der Waals surface area contributed by atoms with Crippen LogP contribution in [0.3, 0.4) is 0 Å². The molecule has 0 bridgehead atoms. The number of nitrogens with zero attached hydrogens (tertiary/aromatic N) is 2. The zero-order chi connectivity index (χ0) is 21.6. The van der Waals surface area contributed by atoms with Gasteiger partial charge >= 0.3 is 0 Å². The summed E-state index contributed by atoms with van der Waals surface area (Å²) in [6, 6.07) is 10.8. The number of hydrogen-bond donors (Lipinski definition) is 2. The van der Waals surface area contributed by atoms with Gasteiger partial charge in [0.1, 0.15) is 0 Å². The highest BCUT2D eigenvalue weighted by atomic mass is 32.2. The molecular weight excluding hydrogens is 424 g/mol. The van der Waals surface area contributed by atoms with E-state index in [0.29, 0.717) is 30.2 Å². The molecule has 2 heterocycles. The molecule has 0 unspecified atom stereocenters. The Morgan fingerprint density at radius 2 is 1.90 bits per heavy atom. The molecule has 160 valence electrons. The number of sulfonamides is 1. The molecule has 0 radical (unpaired) electrons. The summed E-state index contributed by atoms with van der Waals surface area (Å²) in [7, 11) is -3.36. The van der Waals surface area contributed by atoms with Gasteiger partial charge in [-0.1, -0.05) is 35.5 Å². The Balaban J connectivity index is 1.43. The average Bonchev–Trinajstić information content (AvgIpc) is 3.36. The molecule has 0 aliphatic rings. The maximum atomic E-state index is 12.1. The Labute approximate surface area is 179 Å². The zero-order valence-electron chi connectivity index (χ0n) is 16.8. The summed E-state index contributed by atoms with van der Waals surface area (Å²) in [5.41, 5.74) is 1.58. The lowest BCUT2D eigenvalue weighted by molar-refractivity contribution is -0.121. The van der Waals surface area contributed by atoms with E-state index in [2.05, 4.69) is 20.2 Å². The number of amides is 1. The second-order valence-corrected chi connectivity index (χ2v) is 9.82. The highest BCUT2D eigenvalue weighted by molar-refractivity contribution is 7.88. The van der Waals surface area contributed by atoms with Crippen molar-refractivity contribution in [3.8, 4) is 10.7 Å². The molecule has 0 saturated heterocycles. The number of benzene rings is 1. The third-order valence-electron chi connectivity index (χ3n) is 4.06. The molecule has 1 aromatic carbocycles. The number of nitrogens with one attached hydrogen (secondary N) is 2. The van der Waals surface area contributed by atoms with Gasteiger partial charge < -0.3 is 9.84 Å². The van der Waals surface area contributed by atoms with Gasteiger partial charge in [-0.25, -0.2) is 13.1 Å². The molecule has 8 nitrogen and oxygen atoms in total. The molecule has 2 N–H and O–H groups in total. The SMILES string of the molecule is CC(C)NS(=O)(=O)Cc1ccc(CNC(=O)CCc2nc(-c3cccs3)no2)cc1. The normalized spacial score (nSPS) is 11.7. The van der Waals surface area contributed by atoms with Crippen LogP contribution in [0.1, 0.15) is 37.3 Å². The second kappa shape index (κ2) is 9.96. The number of hydrogen-bond acceptors (Lipinski definition) is 7. The number of aromatic nitrogens is 2. The first-order chi connectivity index (χ1) is 14.3. The fraction of sp³-hybridized carbons (Fsp3) is 0.350. The Kier molecular flexibility index (Phi) is 7.35. The van der Waals surface area contributed by atoms with Crippen LogP contribution < -0.4 is 10.0 Å². The quantitative estimate of drug-likeness (QED) is 0.493. The smallest absolute Gasteiger partial charge is 0.227 e. The van der Waals surface area contributed by atoms with Crippen molar-refractivity contribution in [1.29, 1.82) is 0 Å². The minimum Gasteiger partial charge on any atom is -0.352 e. The first-order valence-electron chi connectivity index (χ1n) is 9.52. The Bertz CT molecular complexity index is 1060. The van der Waals surface area contributed by atoms with Gasteiger partial charge in [0.05, 0.1) is 10.6 Å². The van der Waals surface area contributed by atoms with Crippen LogP contribution in [0.4, 0.5) is 0 Å². The maximum Gasteiger partial charge on any atom is 0.227 e. The Morgan fingerprint density at radius 1 is 1.17 bits per heavy atom. The van der Waals surface area contributed by atoms with Gasteiger partial charge in [-0.05, 0) is 36.4 Å². The van der Waals surface area contributed by atoms with Crippen molar-refractivity contribution in [2.45, 2.75) is 45.0 Å². The van der Waals surface area contributed by atoms with Crippen LogP contribution in [-0.4, -0.2) is 30.5 Å². The molecule has 10 heteroatoms. The number of rotatable bonds is 10. The van der Waals surface area contributed by atoms with Crippen LogP contribution in [-0.2, 0) is 33.5 Å². The topological polar surface area (TPSA) is 114 Å². The molecule has 0 aliphatic carbocycles. The van der Waals surface area contributed by atoms with Crippen LogP contribution in [0.25, 0.3) is 10.7 Å². The molecule has 0 spiro atoms. The van der Waals surface area contributed by atoms with Crippen LogP contribution >= 0.6 is 11.3 Å². The van der Waals surface area contributed by atoms with Gasteiger partial charge in [-0.15, -0.1) is 11.3 Å². The number of carbonyl (C=O) groups excluding carboxylic acids is 1. The van der Waals surface area contributed by atoms with Crippen LogP contribution in [0.2, 0.25) is 0 Å². The van der Waals surface area contributed by atoms with Crippen LogP contribution in [0, 0.1) is 0 Å². The molecule has 0 aliphatic heterocycles. The highest BCUT2D eigenvalue weighted by Crippen LogP contribution is 2.21. The monoisotopic (exact) mass is 448 g/mol. The lowest BCUT2D eigenvalue weighted by Crippen LogP contribution is -2.31. The molecule has 3 rings (SSSR count). The second-order valence-electron chi connectivity index (χ2n) is 7.11. The van der Waals surface area contributed by atoms with Crippen molar-refractivity contribution in [1.82, 2.24) is 20.2 Å². The number of aryl methyl sites for hydroxylation is 1. The number of thiophene rings is 1. The van der Waals surface area contributed by atoms with Gasteiger partial charge in [0.15, 0.2) is 0 Å². The summed E-state index contributed by atoms with van der Waals surface area (Å²) in [4.78, 5) is 17.3.